The lowest BCUT2D eigenvalue weighted by Crippen LogP contribution is -2.57. The van der Waals surface area contributed by atoms with Crippen LogP contribution in [0.1, 0.15) is 26.7 Å². The van der Waals surface area contributed by atoms with Crippen molar-refractivity contribution in [3.63, 3.8) is 0 Å². The van der Waals surface area contributed by atoms with Gasteiger partial charge in [0, 0.05) is 24.7 Å². The molecule has 0 radical (unpaired) electrons. The van der Waals surface area contributed by atoms with Crippen LogP contribution in [0.2, 0.25) is 0 Å². The second-order valence-electron chi connectivity index (χ2n) is 6.73. The molecule has 0 aliphatic carbocycles. The van der Waals surface area contributed by atoms with Crippen LogP contribution < -0.4 is 20.7 Å². The van der Waals surface area contributed by atoms with E-state index in [2.05, 4.69) is 56.9 Å². The molecular formula is C18H24N6O. The predicted octanol–water partition coefficient (Wildman–Crippen LogP) is 1.91. The lowest BCUT2D eigenvalue weighted by atomic mass is 9.95. The van der Waals surface area contributed by atoms with E-state index in [9.17, 15) is 0 Å². The second kappa shape index (κ2) is 6.07. The third kappa shape index (κ3) is 2.64. The summed E-state index contributed by atoms with van der Waals surface area (Å²) in [6, 6.07) is 0. The van der Waals surface area contributed by atoms with E-state index in [1.165, 1.54) is 23.3 Å². The Hall–Kier alpha value is -2.54. The van der Waals surface area contributed by atoms with E-state index in [0.29, 0.717) is 11.6 Å². The number of piperidine rings is 1. The van der Waals surface area contributed by atoms with E-state index in [1.807, 2.05) is 0 Å². The lowest BCUT2D eigenvalue weighted by Gasteiger charge is -2.44. The minimum Gasteiger partial charge on any atom is -0.491 e. The Balaban J connectivity index is 1.68. The summed E-state index contributed by atoms with van der Waals surface area (Å²) in [6.45, 7) is 6.35. The van der Waals surface area contributed by atoms with Gasteiger partial charge >= 0.3 is 0 Å². The lowest BCUT2D eigenvalue weighted by molar-refractivity contribution is 0.133. The standard InChI is InChI=1S/C18H24N6O/c1-12-8-14(22-17-15(25-3)9-20-11-21-17)10-24-16(12)13(2)23-18(24)4-6-19-7-5-18/h8-11,19,23H,4-7H2,1-3H3,(H,20,21,22). The number of hydrogen-bond donors (Lipinski definition) is 3. The van der Waals surface area contributed by atoms with E-state index in [0.717, 1.165) is 31.6 Å². The van der Waals surface area contributed by atoms with Gasteiger partial charge in [0.05, 0.1) is 24.7 Å². The first-order valence-corrected chi connectivity index (χ1v) is 8.63. The first kappa shape index (κ1) is 16.0. The Bertz CT molecular complexity index is 776. The first-order chi connectivity index (χ1) is 12.1. The largest absolute Gasteiger partial charge is 0.491 e. The Morgan fingerprint density at radius 2 is 2.08 bits per heavy atom. The van der Waals surface area contributed by atoms with Crippen molar-refractivity contribution in [1.29, 1.82) is 0 Å². The van der Waals surface area contributed by atoms with Gasteiger partial charge in [-0.15, -0.1) is 0 Å². The maximum Gasteiger partial charge on any atom is 0.179 e. The van der Waals surface area contributed by atoms with Crippen molar-refractivity contribution in [1.82, 2.24) is 25.5 Å². The summed E-state index contributed by atoms with van der Waals surface area (Å²) in [5.74, 6) is 1.30. The average Bonchev–Trinajstić information content (AvgIpc) is 2.88. The van der Waals surface area contributed by atoms with Crippen molar-refractivity contribution in [2.24, 2.45) is 0 Å². The maximum atomic E-state index is 5.35. The van der Waals surface area contributed by atoms with E-state index in [4.69, 9.17) is 4.74 Å². The summed E-state index contributed by atoms with van der Waals surface area (Å²) >= 11 is 0. The molecule has 0 amide bonds. The predicted molar refractivity (Wildman–Crippen MR) is 96.6 cm³/mol. The van der Waals surface area contributed by atoms with Crippen molar-refractivity contribution >= 4 is 5.82 Å². The van der Waals surface area contributed by atoms with Gasteiger partial charge in [-0.2, -0.15) is 0 Å². The number of aromatic nitrogens is 2. The molecule has 0 unspecified atom stereocenters. The summed E-state index contributed by atoms with van der Waals surface area (Å²) in [5.41, 5.74) is 4.71. The zero-order valence-electron chi connectivity index (χ0n) is 14.9. The van der Waals surface area contributed by atoms with E-state index in [-0.39, 0.29) is 5.66 Å². The fourth-order valence-corrected chi connectivity index (χ4v) is 3.99. The highest BCUT2D eigenvalue weighted by atomic mass is 16.5. The number of nitrogens with zero attached hydrogens (tertiary/aromatic N) is 3. The molecule has 4 rings (SSSR count). The molecule has 1 fully saturated rings. The molecule has 3 aliphatic heterocycles. The number of hydrogen-bond acceptors (Lipinski definition) is 7. The Kier molecular flexibility index (Phi) is 3.88. The van der Waals surface area contributed by atoms with Crippen LogP contribution >= 0.6 is 0 Å². The molecule has 132 valence electrons. The van der Waals surface area contributed by atoms with Crippen LogP contribution in [-0.2, 0) is 0 Å². The molecule has 0 bridgehead atoms. The van der Waals surface area contributed by atoms with E-state index < -0.39 is 0 Å². The normalized spacial score (nSPS) is 21.5. The molecule has 7 nitrogen and oxygen atoms in total. The zero-order chi connectivity index (χ0) is 17.4. The van der Waals surface area contributed by atoms with Crippen LogP contribution in [0.15, 0.2) is 47.5 Å². The van der Waals surface area contributed by atoms with E-state index >= 15 is 0 Å². The summed E-state index contributed by atoms with van der Waals surface area (Å²) in [7, 11) is 1.62. The fourth-order valence-electron chi connectivity index (χ4n) is 3.99. The summed E-state index contributed by atoms with van der Waals surface area (Å²) in [5, 5.41) is 10.6. The maximum absolute atomic E-state index is 5.35. The molecule has 0 atom stereocenters. The molecule has 7 heteroatoms. The number of anilines is 1. The monoisotopic (exact) mass is 340 g/mol. The highest BCUT2D eigenvalue weighted by Crippen LogP contribution is 2.41. The fraction of sp³-hybridized carbons (Fsp3) is 0.444. The van der Waals surface area contributed by atoms with Crippen LogP contribution in [0, 0.1) is 0 Å². The van der Waals surface area contributed by atoms with Crippen molar-refractivity contribution in [3.05, 3.63) is 47.5 Å². The van der Waals surface area contributed by atoms with Gasteiger partial charge in [0.15, 0.2) is 11.6 Å². The number of rotatable bonds is 3. The summed E-state index contributed by atoms with van der Waals surface area (Å²) < 4.78 is 5.35. The quantitative estimate of drug-likeness (QED) is 0.776. The van der Waals surface area contributed by atoms with E-state index in [1.54, 1.807) is 13.3 Å². The van der Waals surface area contributed by atoms with Gasteiger partial charge in [-0.3, -0.25) is 0 Å². The van der Waals surface area contributed by atoms with Gasteiger partial charge in [0.25, 0.3) is 0 Å². The molecule has 25 heavy (non-hydrogen) atoms. The molecule has 4 heterocycles. The summed E-state index contributed by atoms with van der Waals surface area (Å²) in [4.78, 5) is 10.7. The van der Waals surface area contributed by atoms with Gasteiger partial charge in [0.2, 0.25) is 0 Å². The van der Waals surface area contributed by atoms with Crippen LogP contribution in [0.25, 0.3) is 0 Å². The van der Waals surface area contributed by atoms with Gasteiger partial charge in [-0.25, -0.2) is 9.97 Å². The highest BCUT2D eigenvalue weighted by Gasteiger charge is 2.45. The number of nitrogens with one attached hydrogen (secondary N) is 3. The number of ether oxygens (including phenoxy) is 1. The van der Waals surface area contributed by atoms with Crippen LogP contribution in [-0.4, -0.2) is 40.7 Å². The number of allylic oxidation sites excluding steroid dienone is 3. The molecule has 3 aliphatic rings. The second-order valence-corrected chi connectivity index (χ2v) is 6.73. The Morgan fingerprint density at radius 1 is 1.28 bits per heavy atom. The smallest absolute Gasteiger partial charge is 0.179 e. The van der Waals surface area contributed by atoms with Crippen LogP contribution in [0.4, 0.5) is 5.82 Å². The topological polar surface area (TPSA) is 74.3 Å². The van der Waals surface area contributed by atoms with Gasteiger partial charge < -0.3 is 25.6 Å². The third-order valence-corrected chi connectivity index (χ3v) is 5.08. The highest BCUT2D eigenvalue weighted by molar-refractivity contribution is 5.57. The van der Waals surface area contributed by atoms with Crippen LogP contribution in [0.3, 0.4) is 0 Å². The molecule has 1 saturated heterocycles. The molecule has 3 N–H and O–H groups in total. The number of methoxy groups -OCH3 is 1. The Labute approximate surface area is 147 Å². The van der Waals surface area contributed by atoms with Crippen LogP contribution in [0.5, 0.6) is 5.75 Å². The minimum atomic E-state index is -0.0388. The molecular weight excluding hydrogens is 316 g/mol. The van der Waals surface area contributed by atoms with Crippen molar-refractivity contribution < 1.29 is 4.74 Å². The third-order valence-electron chi connectivity index (χ3n) is 5.08. The van der Waals surface area contributed by atoms with Gasteiger partial charge in [-0.1, -0.05) is 0 Å². The molecule has 1 aromatic rings. The molecule has 1 spiro atoms. The average molecular weight is 340 g/mol. The SMILES string of the molecule is COc1cncnc1NC1=CN2C(=C(C)NC23CCNCC3)C(C)=C1. The molecule has 1 aromatic heterocycles. The van der Waals surface area contributed by atoms with Crippen molar-refractivity contribution in [3.8, 4) is 5.75 Å². The minimum absolute atomic E-state index is 0.0388. The van der Waals surface area contributed by atoms with Gasteiger partial charge in [0.1, 0.15) is 12.0 Å². The first-order valence-electron chi connectivity index (χ1n) is 8.63. The van der Waals surface area contributed by atoms with Crippen molar-refractivity contribution in [2.45, 2.75) is 32.4 Å². The zero-order valence-corrected chi connectivity index (χ0v) is 14.9. The number of fused-ring (bicyclic) bond motifs is 2. The molecule has 0 saturated carbocycles. The van der Waals surface area contributed by atoms with Gasteiger partial charge in [-0.05, 0) is 38.6 Å². The molecule has 0 aromatic carbocycles. The Morgan fingerprint density at radius 3 is 2.84 bits per heavy atom. The van der Waals surface area contributed by atoms with Crippen molar-refractivity contribution in [2.75, 3.05) is 25.5 Å². The summed E-state index contributed by atoms with van der Waals surface area (Å²) in [6.07, 6.45) is 9.63.